The molecule has 0 aliphatic carbocycles. The van der Waals surface area contributed by atoms with Crippen LogP contribution in [-0.2, 0) is 13.6 Å². The summed E-state index contributed by atoms with van der Waals surface area (Å²) in [5, 5.41) is 7.87. The summed E-state index contributed by atoms with van der Waals surface area (Å²) in [4.78, 5) is 17.0. The van der Waals surface area contributed by atoms with E-state index in [2.05, 4.69) is 44.6 Å². The number of halogens is 1. The van der Waals surface area contributed by atoms with E-state index in [4.69, 9.17) is 11.6 Å². The van der Waals surface area contributed by atoms with Crippen molar-refractivity contribution in [1.29, 1.82) is 0 Å². The molecule has 0 fully saturated rings. The monoisotopic (exact) mass is 421 g/mol. The number of benzene rings is 2. The fourth-order valence-electron chi connectivity index (χ4n) is 3.58. The zero-order valence-electron chi connectivity index (χ0n) is 16.8. The van der Waals surface area contributed by atoms with Crippen LogP contribution in [0.25, 0.3) is 10.9 Å². The topological polar surface area (TPSA) is 63.9 Å². The number of amides is 2. The lowest BCUT2D eigenvalue weighted by Gasteiger charge is -2.19. The first kappa shape index (κ1) is 20.0. The van der Waals surface area contributed by atoms with Crippen LogP contribution < -0.4 is 10.6 Å². The van der Waals surface area contributed by atoms with Crippen LogP contribution in [0, 0.1) is 0 Å². The molecule has 2 aromatic heterocycles. The number of fused-ring (bicyclic) bond motifs is 1. The Morgan fingerprint density at radius 1 is 1.10 bits per heavy atom. The highest BCUT2D eigenvalue weighted by Crippen LogP contribution is 2.22. The summed E-state index contributed by atoms with van der Waals surface area (Å²) < 4.78 is 4.11. The van der Waals surface area contributed by atoms with Gasteiger partial charge in [0.25, 0.3) is 0 Å². The minimum Gasteiger partial charge on any atom is -0.347 e. The molecule has 0 aliphatic rings. The van der Waals surface area contributed by atoms with Gasteiger partial charge in [0.05, 0.1) is 0 Å². The molecule has 2 heterocycles. The molecule has 0 radical (unpaired) electrons. The summed E-state index contributed by atoms with van der Waals surface area (Å²) in [6.45, 7) is 1.42. The van der Waals surface area contributed by atoms with Gasteiger partial charge in [-0.05, 0) is 41.6 Å². The van der Waals surface area contributed by atoms with Gasteiger partial charge in [-0.25, -0.2) is 9.78 Å². The highest BCUT2D eigenvalue weighted by atomic mass is 35.5. The van der Waals surface area contributed by atoms with Gasteiger partial charge < -0.3 is 19.8 Å². The summed E-state index contributed by atoms with van der Waals surface area (Å²) >= 11 is 6.02. The normalized spacial score (nSPS) is 12.1. The van der Waals surface area contributed by atoms with E-state index >= 15 is 0 Å². The van der Waals surface area contributed by atoms with Crippen molar-refractivity contribution >= 4 is 28.5 Å². The Bertz CT molecular complexity index is 1130. The second-order valence-electron chi connectivity index (χ2n) is 7.20. The fraction of sp³-hybridized carbons (Fsp3) is 0.217. The van der Waals surface area contributed by atoms with Crippen molar-refractivity contribution in [2.24, 2.45) is 7.05 Å². The smallest absolute Gasteiger partial charge is 0.315 e. The molecule has 4 aromatic rings. The Morgan fingerprint density at radius 3 is 2.67 bits per heavy atom. The molecular formula is C23H24ClN5O. The number of nitrogens with one attached hydrogen (secondary N) is 2. The molecular weight excluding hydrogens is 398 g/mol. The Labute approximate surface area is 180 Å². The molecule has 0 saturated carbocycles. The SMILES string of the molecule is Cn1ccnc1[C@@H](NC(=O)NCCCn1ccc2ccccc21)c1ccc(Cl)cc1. The van der Waals surface area contributed by atoms with Crippen molar-refractivity contribution in [3.05, 3.63) is 89.6 Å². The molecule has 4 rings (SSSR count). The van der Waals surface area contributed by atoms with Crippen molar-refractivity contribution in [3.8, 4) is 0 Å². The number of carbonyl (C=O) groups excluding carboxylic acids is 1. The van der Waals surface area contributed by atoms with Crippen LogP contribution in [-0.4, -0.2) is 26.7 Å². The summed E-state index contributed by atoms with van der Waals surface area (Å²) in [5.74, 6) is 0.756. The molecule has 0 unspecified atom stereocenters. The third kappa shape index (κ3) is 4.49. The summed E-state index contributed by atoms with van der Waals surface area (Å²) in [7, 11) is 1.91. The Kier molecular flexibility index (Phi) is 6.05. The number of hydrogen-bond acceptors (Lipinski definition) is 2. The average molecular weight is 422 g/mol. The quantitative estimate of drug-likeness (QED) is 0.431. The number of aromatic nitrogens is 3. The first-order chi connectivity index (χ1) is 14.6. The summed E-state index contributed by atoms with van der Waals surface area (Å²) in [6.07, 6.45) is 6.50. The fourth-order valence-corrected chi connectivity index (χ4v) is 3.70. The molecule has 2 N–H and O–H groups in total. The van der Waals surface area contributed by atoms with Crippen LogP contribution in [0.3, 0.4) is 0 Å². The number of carbonyl (C=O) groups is 1. The molecule has 0 aliphatic heterocycles. The lowest BCUT2D eigenvalue weighted by Crippen LogP contribution is -2.39. The molecule has 30 heavy (non-hydrogen) atoms. The molecule has 6 nitrogen and oxygen atoms in total. The zero-order chi connectivity index (χ0) is 20.9. The number of aryl methyl sites for hydroxylation is 2. The Hall–Kier alpha value is -3.25. The van der Waals surface area contributed by atoms with E-state index in [0.717, 1.165) is 24.4 Å². The van der Waals surface area contributed by atoms with Gasteiger partial charge in [0.15, 0.2) is 0 Å². The lowest BCUT2D eigenvalue weighted by molar-refractivity contribution is 0.238. The number of rotatable bonds is 7. The van der Waals surface area contributed by atoms with E-state index < -0.39 is 0 Å². The number of nitrogens with zero attached hydrogens (tertiary/aromatic N) is 3. The maximum absolute atomic E-state index is 12.6. The predicted octanol–water partition coefficient (Wildman–Crippen LogP) is 4.51. The third-order valence-electron chi connectivity index (χ3n) is 5.14. The maximum atomic E-state index is 12.6. The van der Waals surface area contributed by atoms with Gasteiger partial charge in [0.2, 0.25) is 0 Å². The van der Waals surface area contributed by atoms with Crippen molar-refractivity contribution in [3.63, 3.8) is 0 Å². The highest BCUT2D eigenvalue weighted by molar-refractivity contribution is 6.30. The van der Waals surface area contributed by atoms with Gasteiger partial charge in [-0.3, -0.25) is 0 Å². The van der Waals surface area contributed by atoms with Crippen molar-refractivity contribution < 1.29 is 4.79 Å². The van der Waals surface area contributed by atoms with Crippen LogP contribution in [0.5, 0.6) is 0 Å². The van der Waals surface area contributed by atoms with Crippen LogP contribution in [0.2, 0.25) is 5.02 Å². The Morgan fingerprint density at radius 2 is 1.90 bits per heavy atom. The number of urea groups is 1. The van der Waals surface area contributed by atoms with Crippen LogP contribution >= 0.6 is 11.6 Å². The van der Waals surface area contributed by atoms with Crippen molar-refractivity contribution in [1.82, 2.24) is 24.8 Å². The maximum Gasteiger partial charge on any atom is 0.315 e. The number of para-hydroxylation sites is 1. The van der Waals surface area contributed by atoms with E-state index in [-0.39, 0.29) is 12.1 Å². The van der Waals surface area contributed by atoms with E-state index in [1.165, 1.54) is 10.9 Å². The van der Waals surface area contributed by atoms with Gasteiger partial charge in [-0.2, -0.15) is 0 Å². The molecule has 0 saturated heterocycles. The molecule has 2 amide bonds. The first-order valence-electron chi connectivity index (χ1n) is 9.93. The highest BCUT2D eigenvalue weighted by Gasteiger charge is 2.20. The second kappa shape index (κ2) is 9.05. The molecule has 0 spiro atoms. The van der Waals surface area contributed by atoms with Crippen LogP contribution in [0.1, 0.15) is 23.9 Å². The van der Waals surface area contributed by atoms with Gasteiger partial charge >= 0.3 is 6.03 Å². The van der Waals surface area contributed by atoms with Gasteiger partial charge in [0, 0.05) is 49.3 Å². The Balaban J connectivity index is 1.36. The standard InChI is InChI=1S/C23H24ClN5O/c1-28-16-13-25-22(28)21(18-7-9-19(24)10-8-18)27-23(30)26-12-4-14-29-15-11-17-5-2-3-6-20(17)29/h2-3,5-11,13,15-16,21H,4,12,14H2,1H3,(H2,26,27,30)/t21-/m0/s1. The van der Waals surface area contributed by atoms with Gasteiger partial charge in [-0.1, -0.05) is 41.9 Å². The van der Waals surface area contributed by atoms with Gasteiger partial charge in [-0.15, -0.1) is 0 Å². The second-order valence-corrected chi connectivity index (χ2v) is 7.64. The zero-order valence-corrected chi connectivity index (χ0v) is 17.5. The largest absolute Gasteiger partial charge is 0.347 e. The van der Waals surface area contributed by atoms with Crippen LogP contribution in [0.15, 0.2) is 73.2 Å². The molecule has 0 bridgehead atoms. The molecule has 7 heteroatoms. The van der Waals surface area contributed by atoms with E-state index in [1.54, 1.807) is 6.20 Å². The number of imidazole rings is 1. The predicted molar refractivity (Wildman–Crippen MR) is 120 cm³/mol. The first-order valence-corrected chi connectivity index (χ1v) is 10.3. The molecule has 2 aromatic carbocycles. The van der Waals surface area contributed by atoms with Crippen molar-refractivity contribution in [2.75, 3.05) is 6.54 Å². The molecule has 1 atom stereocenters. The molecule has 154 valence electrons. The average Bonchev–Trinajstić information content (AvgIpc) is 3.36. The van der Waals surface area contributed by atoms with E-state index in [0.29, 0.717) is 11.6 Å². The summed E-state index contributed by atoms with van der Waals surface area (Å²) in [5.41, 5.74) is 2.13. The van der Waals surface area contributed by atoms with E-state index in [1.807, 2.05) is 54.2 Å². The minimum atomic E-state index is -0.365. The van der Waals surface area contributed by atoms with Gasteiger partial charge in [0.1, 0.15) is 11.9 Å². The van der Waals surface area contributed by atoms with Crippen LogP contribution in [0.4, 0.5) is 4.79 Å². The summed E-state index contributed by atoms with van der Waals surface area (Å²) in [6, 6.07) is 17.2. The number of hydrogen-bond donors (Lipinski definition) is 2. The van der Waals surface area contributed by atoms with E-state index in [9.17, 15) is 4.79 Å². The lowest BCUT2D eigenvalue weighted by atomic mass is 10.1. The minimum absolute atomic E-state index is 0.227. The van der Waals surface area contributed by atoms with Crippen molar-refractivity contribution in [2.45, 2.75) is 19.0 Å². The third-order valence-corrected chi connectivity index (χ3v) is 5.39.